The number of carboxylic acids is 1. The molecule has 1 heterocycles. The number of urea groups is 1. The van der Waals surface area contributed by atoms with E-state index >= 15 is 0 Å². The van der Waals surface area contributed by atoms with Gasteiger partial charge in [0.15, 0.2) is 0 Å². The van der Waals surface area contributed by atoms with Crippen LogP contribution in [0.3, 0.4) is 0 Å². The largest absolute Gasteiger partial charge is 0.480 e. The van der Waals surface area contributed by atoms with E-state index in [1.165, 1.54) is 23.7 Å². The van der Waals surface area contributed by atoms with Crippen molar-refractivity contribution in [1.82, 2.24) is 25.6 Å². The second kappa shape index (κ2) is 6.55. The number of rotatable bonds is 6. The van der Waals surface area contributed by atoms with Crippen LogP contribution in [-0.4, -0.2) is 38.6 Å². The zero-order valence-electron chi connectivity index (χ0n) is 12.1. The fourth-order valence-electron chi connectivity index (χ4n) is 2.57. The minimum atomic E-state index is -0.984. The van der Waals surface area contributed by atoms with Crippen LogP contribution in [0, 0.1) is 5.41 Å². The molecule has 3 N–H and O–H groups in total. The first-order chi connectivity index (χ1) is 9.97. The SMILES string of the molecule is CC1(CNC(=O)NCc2cn(CC(=O)O)nn2)CCCC1. The van der Waals surface area contributed by atoms with E-state index in [9.17, 15) is 9.59 Å². The number of carbonyl (C=O) groups excluding carboxylic acids is 1. The topological polar surface area (TPSA) is 109 Å². The summed E-state index contributed by atoms with van der Waals surface area (Å²) in [4.78, 5) is 22.2. The molecule has 8 heteroatoms. The molecular weight excluding hydrogens is 274 g/mol. The number of hydrogen-bond donors (Lipinski definition) is 3. The van der Waals surface area contributed by atoms with Crippen LogP contribution in [0.25, 0.3) is 0 Å². The van der Waals surface area contributed by atoms with Gasteiger partial charge < -0.3 is 15.7 Å². The molecule has 2 rings (SSSR count). The maximum Gasteiger partial charge on any atom is 0.325 e. The molecule has 2 amide bonds. The van der Waals surface area contributed by atoms with Crippen molar-refractivity contribution in [2.24, 2.45) is 5.41 Å². The van der Waals surface area contributed by atoms with E-state index in [0.717, 1.165) is 12.8 Å². The average Bonchev–Trinajstić information content (AvgIpc) is 3.03. The van der Waals surface area contributed by atoms with E-state index in [1.807, 2.05) is 0 Å². The molecule has 0 aromatic carbocycles. The van der Waals surface area contributed by atoms with Crippen molar-refractivity contribution in [2.45, 2.75) is 45.7 Å². The molecule has 1 aromatic heterocycles. The standard InChI is InChI=1S/C13H21N5O3/c1-13(4-2-3-5-13)9-15-12(21)14-6-10-7-18(17-16-10)8-11(19)20/h7H,2-6,8-9H2,1H3,(H,19,20)(H2,14,15,21). The van der Waals surface area contributed by atoms with Gasteiger partial charge in [-0.3, -0.25) is 4.79 Å². The van der Waals surface area contributed by atoms with Crippen molar-refractivity contribution in [1.29, 1.82) is 0 Å². The first kappa shape index (κ1) is 15.3. The monoisotopic (exact) mass is 295 g/mol. The summed E-state index contributed by atoms with van der Waals surface area (Å²) >= 11 is 0. The molecule has 0 radical (unpaired) electrons. The van der Waals surface area contributed by atoms with Crippen LogP contribution in [0.1, 0.15) is 38.3 Å². The molecule has 1 aliphatic rings. The molecule has 8 nitrogen and oxygen atoms in total. The summed E-state index contributed by atoms with van der Waals surface area (Å²) < 4.78 is 1.22. The Bertz CT molecular complexity index is 508. The van der Waals surface area contributed by atoms with E-state index in [1.54, 1.807) is 0 Å². The molecule has 0 bridgehead atoms. The highest BCUT2D eigenvalue weighted by molar-refractivity contribution is 5.73. The second-order valence-corrected chi connectivity index (χ2v) is 5.86. The smallest absolute Gasteiger partial charge is 0.325 e. The Kier molecular flexibility index (Phi) is 4.77. The molecule has 0 aliphatic heterocycles. The van der Waals surface area contributed by atoms with Gasteiger partial charge in [0.2, 0.25) is 0 Å². The van der Waals surface area contributed by atoms with Crippen LogP contribution >= 0.6 is 0 Å². The summed E-state index contributed by atoms with van der Waals surface area (Å²) in [6.45, 7) is 2.85. The maximum atomic E-state index is 11.7. The number of nitrogens with zero attached hydrogens (tertiary/aromatic N) is 3. The lowest BCUT2D eigenvalue weighted by molar-refractivity contribution is -0.137. The molecule has 0 spiro atoms. The van der Waals surface area contributed by atoms with Gasteiger partial charge in [0.1, 0.15) is 12.2 Å². The second-order valence-electron chi connectivity index (χ2n) is 5.86. The summed E-state index contributed by atoms with van der Waals surface area (Å²) in [5.74, 6) is -0.984. The normalized spacial score (nSPS) is 16.6. The van der Waals surface area contributed by atoms with Crippen LogP contribution in [-0.2, 0) is 17.9 Å². The lowest BCUT2D eigenvalue weighted by Crippen LogP contribution is -2.40. The highest BCUT2D eigenvalue weighted by Gasteiger charge is 2.28. The van der Waals surface area contributed by atoms with Crippen molar-refractivity contribution in [2.75, 3.05) is 6.54 Å². The molecule has 21 heavy (non-hydrogen) atoms. The lowest BCUT2D eigenvalue weighted by Gasteiger charge is -2.23. The predicted octanol–water partition coefficient (Wildman–Crippen LogP) is 0.742. The quantitative estimate of drug-likeness (QED) is 0.717. The van der Waals surface area contributed by atoms with Gasteiger partial charge in [0, 0.05) is 6.54 Å². The zero-order valence-corrected chi connectivity index (χ0v) is 12.1. The van der Waals surface area contributed by atoms with Crippen molar-refractivity contribution in [3.8, 4) is 0 Å². The van der Waals surface area contributed by atoms with Gasteiger partial charge in [-0.2, -0.15) is 0 Å². The van der Waals surface area contributed by atoms with Gasteiger partial charge in [-0.1, -0.05) is 25.0 Å². The Morgan fingerprint density at radius 3 is 2.76 bits per heavy atom. The first-order valence-electron chi connectivity index (χ1n) is 7.09. The summed E-state index contributed by atoms with van der Waals surface area (Å²) in [6, 6.07) is -0.240. The maximum absolute atomic E-state index is 11.7. The van der Waals surface area contributed by atoms with E-state index in [0.29, 0.717) is 12.2 Å². The Hall–Kier alpha value is -2.12. The molecule has 1 aromatic rings. The third-order valence-corrected chi connectivity index (χ3v) is 3.80. The Balaban J connectivity index is 1.71. The number of aliphatic carboxylic acids is 1. The molecule has 1 aliphatic carbocycles. The molecule has 1 saturated carbocycles. The minimum absolute atomic E-state index is 0.210. The van der Waals surface area contributed by atoms with Crippen LogP contribution in [0.15, 0.2) is 6.20 Å². The third kappa shape index (κ3) is 4.73. The number of hydrogen-bond acceptors (Lipinski definition) is 4. The van der Waals surface area contributed by atoms with Crippen molar-refractivity contribution >= 4 is 12.0 Å². The van der Waals surface area contributed by atoms with Crippen LogP contribution in [0.2, 0.25) is 0 Å². The van der Waals surface area contributed by atoms with E-state index in [-0.39, 0.29) is 24.5 Å². The van der Waals surface area contributed by atoms with Crippen LogP contribution in [0.5, 0.6) is 0 Å². The van der Waals surface area contributed by atoms with Gasteiger partial charge in [-0.15, -0.1) is 5.10 Å². The molecular formula is C13H21N5O3. The zero-order chi connectivity index (χ0) is 15.3. The summed E-state index contributed by atoms with van der Waals surface area (Å²) in [7, 11) is 0. The van der Waals surface area contributed by atoms with Gasteiger partial charge in [-0.05, 0) is 18.3 Å². The summed E-state index contributed by atoms with van der Waals surface area (Å²) in [5.41, 5.74) is 0.737. The number of aromatic nitrogens is 3. The molecule has 0 atom stereocenters. The third-order valence-electron chi connectivity index (χ3n) is 3.80. The first-order valence-corrected chi connectivity index (χ1v) is 7.09. The van der Waals surface area contributed by atoms with Crippen molar-refractivity contribution in [3.63, 3.8) is 0 Å². The van der Waals surface area contributed by atoms with Gasteiger partial charge >= 0.3 is 12.0 Å². The number of amides is 2. The van der Waals surface area contributed by atoms with Gasteiger partial charge in [0.05, 0.1) is 12.7 Å². The summed E-state index contributed by atoms with van der Waals surface area (Å²) in [5, 5.41) is 21.7. The summed E-state index contributed by atoms with van der Waals surface area (Å²) in [6.07, 6.45) is 6.26. The number of nitrogens with one attached hydrogen (secondary N) is 2. The lowest BCUT2D eigenvalue weighted by atomic mass is 9.89. The van der Waals surface area contributed by atoms with Gasteiger partial charge in [-0.25, -0.2) is 9.48 Å². The fraction of sp³-hybridized carbons (Fsp3) is 0.692. The average molecular weight is 295 g/mol. The van der Waals surface area contributed by atoms with E-state index in [2.05, 4.69) is 27.9 Å². The van der Waals surface area contributed by atoms with Crippen LogP contribution < -0.4 is 10.6 Å². The van der Waals surface area contributed by atoms with Crippen LogP contribution in [0.4, 0.5) is 4.79 Å². The molecule has 0 unspecified atom stereocenters. The highest BCUT2D eigenvalue weighted by Crippen LogP contribution is 2.36. The molecule has 116 valence electrons. The molecule has 0 saturated heterocycles. The highest BCUT2D eigenvalue weighted by atomic mass is 16.4. The van der Waals surface area contributed by atoms with E-state index < -0.39 is 5.97 Å². The fourth-order valence-corrected chi connectivity index (χ4v) is 2.57. The van der Waals surface area contributed by atoms with Gasteiger partial charge in [0.25, 0.3) is 0 Å². The number of carbonyl (C=O) groups is 2. The Morgan fingerprint density at radius 1 is 1.38 bits per heavy atom. The molecule has 1 fully saturated rings. The Morgan fingerprint density at radius 2 is 2.10 bits per heavy atom. The Labute approximate surface area is 122 Å². The van der Waals surface area contributed by atoms with Crippen molar-refractivity contribution < 1.29 is 14.7 Å². The predicted molar refractivity (Wildman–Crippen MR) is 74.5 cm³/mol. The number of carboxylic acid groups (broad SMARTS) is 1. The van der Waals surface area contributed by atoms with Crippen molar-refractivity contribution in [3.05, 3.63) is 11.9 Å². The van der Waals surface area contributed by atoms with E-state index in [4.69, 9.17) is 5.11 Å². The minimum Gasteiger partial charge on any atom is -0.480 e.